The van der Waals surface area contributed by atoms with Gasteiger partial charge in [-0.05, 0) is 69.6 Å². The topological polar surface area (TPSA) is 93.7 Å². The third kappa shape index (κ3) is 6.52. The number of benzene rings is 2. The summed E-state index contributed by atoms with van der Waals surface area (Å²) in [5.41, 5.74) is 0.456. The molecule has 0 amide bonds. The first-order valence-corrected chi connectivity index (χ1v) is 10.8. The molecule has 152 valence electrons. The van der Waals surface area contributed by atoms with E-state index in [2.05, 4.69) is 20.3 Å². The molecule has 0 fully saturated rings. The Hall–Kier alpha value is -2.07. The Bertz CT molecular complexity index is 936. The van der Waals surface area contributed by atoms with Crippen LogP contribution < -0.4 is 15.4 Å². The standard InChI is InChI=1S/C18H23ClN4O3S2/c1-23(2)11-5-10-20-18(27)21-16-12-13(8-9-17(16)24)28(25,26)22-15-7-4-3-6-14(15)19/h3-4,6-9,12,22,24H,5,10-11H2,1-2H3,(H2,20,21,27). The third-order valence-electron chi connectivity index (χ3n) is 3.71. The summed E-state index contributed by atoms with van der Waals surface area (Å²) in [5.74, 6) is -0.117. The average molecular weight is 443 g/mol. The number of sulfonamides is 1. The van der Waals surface area contributed by atoms with Gasteiger partial charge < -0.3 is 20.6 Å². The molecule has 0 unspecified atom stereocenters. The second-order valence-corrected chi connectivity index (χ2v) is 8.80. The van der Waals surface area contributed by atoms with Gasteiger partial charge in [-0.2, -0.15) is 0 Å². The molecule has 2 aromatic carbocycles. The molecule has 0 bridgehead atoms. The van der Waals surface area contributed by atoms with Crippen LogP contribution in [0.25, 0.3) is 0 Å². The van der Waals surface area contributed by atoms with Gasteiger partial charge in [0.05, 0.1) is 21.3 Å². The van der Waals surface area contributed by atoms with Crippen molar-refractivity contribution in [3.05, 3.63) is 47.5 Å². The molecule has 2 rings (SSSR count). The normalized spacial score (nSPS) is 11.3. The maximum Gasteiger partial charge on any atom is 0.262 e. The first-order valence-electron chi connectivity index (χ1n) is 8.49. The molecule has 0 aliphatic heterocycles. The minimum atomic E-state index is -3.90. The molecule has 0 aromatic heterocycles. The lowest BCUT2D eigenvalue weighted by Crippen LogP contribution is -2.31. The highest BCUT2D eigenvalue weighted by molar-refractivity contribution is 7.92. The van der Waals surface area contributed by atoms with Gasteiger partial charge in [0.1, 0.15) is 5.75 Å². The van der Waals surface area contributed by atoms with E-state index < -0.39 is 10.0 Å². The number of nitrogens with zero attached hydrogens (tertiary/aromatic N) is 1. The molecule has 0 saturated heterocycles. The molecular formula is C18H23ClN4O3S2. The Balaban J connectivity index is 2.09. The van der Waals surface area contributed by atoms with E-state index in [0.29, 0.717) is 11.7 Å². The fourth-order valence-corrected chi connectivity index (χ4v) is 3.85. The predicted octanol–water partition coefficient (Wildman–Crippen LogP) is 3.08. The molecule has 0 atom stereocenters. The van der Waals surface area contributed by atoms with E-state index in [0.717, 1.165) is 13.0 Å². The number of para-hydroxylation sites is 1. The average Bonchev–Trinajstić information content (AvgIpc) is 2.62. The zero-order valence-electron chi connectivity index (χ0n) is 15.6. The van der Waals surface area contributed by atoms with Crippen molar-refractivity contribution in [3.8, 4) is 5.75 Å². The second-order valence-electron chi connectivity index (χ2n) is 6.30. The van der Waals surface area contributed by atoms with E-state index in [1.165, 1.54) is 18.2 Å². The van der Waals surface area contributed by atoms with Gasteiger partial charge in [0, 0.05) is 6.54 Å². The number of thiocarbonyl (C=S) groups is 1. The van der Waals surface area contributed by atoms with Crippen LogP contribution in [0.15, 0.2) is 47.4 Å². The number of anilines is 2. The van der Waals surface area contributed by atoms with Crippen molar-refractivity contribution in [2.24, 2.45) is 0 Å². The summed E-state index contributed by atoms with van der Waals surface area (Å²) in [6, 6.07) is 10.4. The summed E-state index contributed by atoms with van der Waals surface area (Å²) in [5, 5.41) is 16.5. The lowest BCUT2D eigenvalue weighted by Gasteiger charge is -2.15. The Morgan fingerprint density at radius 3 is 2.57 bits per heavy atom. The van der Waals surface area contributed by atoms with Crippen LogP contribution in [-0.4, -0.2) is 50.7 Å². The molecule has 0 radical (unpaired) electrons. The van der Waals surface area contributed by atoms with Gasteiger partial charge in [-0.1, -0.05) is 23.7 Å². The van der Waals surface area contributed by atoms with E-state index >= 15 is 0 Å². The van der Waals surface area contributed by atoms with Crippen LogP contribution in [0.2, 0.25) is 5.02 Å². The van der Waals surface area contributed by atoms with Gasteiger partial charge in [-0.15, -0.1) is 0 Å². The molecule has 0 aliphatic rings. The predicted molar refractivity (Wildman–Crippen MR) is 118 cm³/mol. The van der Waals surface area contributed by atoms with E-state index in [1.807, 2.05) is 14.1 Å². The SMILES string of the molecule is CN(C)CCCNC(=S)Nc1cc(S(=O)(=O)Nc2ccccc2Cl)ccc1O. The number of aromatic hydroxyl groups is 1. The minimum absolute atomic E-state index is 0.0388. The fraction of sp³-hybridized carbons (Fsp3) is 0.278. The molecule has 0 spiro atoms. The van der Waals surface area contributed by atoms with E-state index in [-0.39, 0.29) is 27.0 Å². The highest BCUT2D eigenvalue weighted by atomic mass is 35.5. The van der Waals surface area contributed by atoms with Crippen molar-refractivity contribution >= 4 is 50.3 Å². The van der Waals surface area contributed by atoms with Crippen molar-refractivity contribution < 1.29 is 13.5 Å². The quantitative estimate of drug-likeness (QED) is 0.283. The van der Waals surface area contributed by atoms with Gasteiger partial charge in [0.2, 0.25) is 0 Å². The number of hydrogen-bond acceptors (Lipinski definition) is 5. The molecule has 0 saturated carbocycles. The monoisotopic (exact) mass is 442 g/mol. The number of halogens is 1. The van der Waals surface area contributed by atoms with Crippen LogP contribution in [0, 0.1) is 0 Å². The highest BCUT2D eigenvalue weighted by Gasteiger charge is 2.18. The molecule has 7 nitrogen and oxygen atoms in total. The van der Waals surface area contributed by atoms with E-state index in [4.69, 9.17) is 23.8 Å². The van der Waals surface area contributed by atoms with Gasteiger partial charge in [0.25, 0.3) is 10.0 Å². The lowest BCUT2D eigenvalue weighted by atomic mass is 10.3. The summed E-state index contributed by atoms with van der Waals surface area (Å²) in [4.78, 5) is 2.02. The van der Waals surface area contributed by atoms with Crippen molar-refractivity contribution in [2.45, 2.75) is 11.3 Å². The van der Waals surface area contributed by atoms with Crippen LogP contribution in [0.4, 0.5) is 11.4 Å². The number of phenols is 1. The largest absolute Gasteiger partial charge is 0.506 e. The van der Waals surface area contributed by atoms with Crippen molar-refractivity contribution in [3.63, 3.8) is 0 Å². The van der Waals surface area contributed by atoms with Crippen LogP contribution in [0.5, 0.6) is 5.75 Å². The second kappa shape index (κ2) is 9.92. The van der Waals surface area contributed by atoms with Crippen LogP contribution >= 0.6 is 23.8 Å². The fourth-order valence-electron chi connectivity index (χ4n) is 2.29. The first-order chi connectivity index (χ1) is 13.2. The Labute approximate surface area is 175 Å². The Morgan fingerprint density at radius 1 is 1.18 bits per heavy atom. The number of phenolic OH excluding ortho intramolecular Hbond substituents is 1. The van der Waals surface area contributed by atoms with Gasteiger partial charge in [-0.25, -0.2) is 8.42 Å². The molecule has 0 aliphatic carbocycles. The summed E-state index contributed by atoms with van der Waals surface area (Å²) in [6.45, 7) is 1.55. The van der Waals surface area contributed by atoms with Crippen LogP contribution in [0.1, 0.15) is 6.42 Å². The summed E-state index contributed by atoms with van der Waals surface area (Å²) in [7, 11) is 0.0706. The van der Waals surface area contributed by atoms with Crippen molar-refractivity contribution in [2.75, 3.05) is 37.2 Å². The zero-order valence-corrected chi connectivity index (χ0v) is 18.0. The minimum Gasteiger partial charge on any atom is -0.506 e. The lowest BCUT2D eigenvalue weighted by molar-refractivity contribution is 0.400. The highest BCUT2D eigenvalue weighted by Crippen LogP contribution is 2.29. The summed E-state index contributed by atoms with van der Waals surface area (Å²) >= 11 is 11.2. The molecule has 10 heteroatoms. The van der Waals surface area contributed by atoms with Gasteiger partial charge in [-0.3, -0.25) is 4.72 Å². The first kappa shape index (κ1) is 22.2. The molecule has 28 heavy (non-hydrogen) atoms. The Kier molecular flexibility index (Phi) is 7.88. The maximum absolute atomic E-state index is 12.6. The molecule has 4 N–H and O–H groups in total. The van der Waals surface area contributed by atoms with Gasteiger partial charge in [0.15, 0.2) is 5.11 Å². The van der Waals surface area contributed by atoms with Crippen molar-refractivity contribution in [1.82, 2.24) is 10.2 Å². The summed E-state index contributed by atoms with van der Waals surface area (Å²) in [6.07, 6.45) is 0.886. The maximum atomic E-state index is 12.6. The smallest absolute Gasteiger partial charge is 0.262 e. The van der Waals surface area contributed by atoms with Crippen LogP contribution in [0.3, 0.4) is 0 Å². The Morgan fingerprint density at radius 2 is 1.89 bits per heavy atom. The zero-order chi connectivity index (χ0) is 20.7. The molecule has 0 heterocycles. The molecular weight excluding hydrogens is 420 g/mol. The third-order valence-corrected chi connectivity index (χ3v) is 5.65. The van der Waals surface area contributed by atoms with E-state index in [9.17, 15) is 13.5 Å². The number of hydrogen-bond donors (Lipinski definition) is 4. The van der Waals surface area contributed by atoms with E-state index in [1.54, 1.807) is 24.3 Å². The number of nitrogens with one attached hydrogen (secondary N) is 3. The summed E-state index contributed by atoms with van der Waals surface area (Å²) < 4.78 is 27.7. The van der Waals surface area contributed by atoms with Gasteiger partial charge >= 0.3 is 0 Å². The van der Waals surface area contributed by atoms with Crippen molar-refractivity contribution in [1.29, 1.82) is 0 Å². The van der Waals surface area contributed by atoms with Crippen LogP contribution in [-0.2, 0) is 10.0 Å². The molecule has 2 aromatic rings. The number of rotatable bonds is 8.